The van der Waals surface area contributed by atoms with Gasteiger partial charge in [0.1, 0.15) is 5.75 Å². The molecular formula is C16H20ClN3O2. The largest absolute Gasteiger partial charge is 0.484 e. The van der Waals surface area contributed by atoms with E-state index >= 15 is 0 Å². The van der Waals surface area contributed by atoms with Crippen molar-refractivity contribution in [3.63, 3.8) is 0 Å². The van der Waals surface area contributed by atoms with Gasteiger partial charge >= 0.3 is 0 Å². The topological polar surface area (TPSA) is 56.6 Å². The molecule has 1 heterocycles. The molecule has 2 rings (SSSR count). The predicted octanol–water partition coefficient (Wildman–Crippen LogP) is 2.17. The lowest BCUT2D eigenvalue weighted by molar-refractivity contribution is -0.135. The second-order valence-corrected chi connectivity index (χ2v) is 5.81. The van der Waals surface area contributed by atoms with Crippen LogP contribution in [0.5, 0.6) is 5.75 Å². The minimum Gasteiger partial charge on any atom is -0.484 e. The number of benzene rings is 1. The normalized spacial score (nSPS) is 16.9. The SMILES string of the molecule is C[C@H](CC#N)N1CCN(C(=O)COc2ccc(Cl)cc2)CC1. The summed E-state index contributed by atoms with van der Waals surface area (Å²) >= 11 is 5.80. The summed E-state index contributed by atoms with van der Waals surface area (Å²) in [4.78, 5) is 16.2. The molecule has 1 amide bonds. The number of halogens is 1. The molecule has 1 fully saturated rings. The van der Waals surface area contributed by atoms with Crippen molar-refractivity contribution >= 4 is 17.5 Å². The first-order chi connectivity index (χ1) is 10.6. The van der Waals surface area contributed by atoms with Crippen molar-refractivity contribution in [1.82, 2.24) is 9.80 Å². The Balaban J connectivity index is 1.75. The molecule has 0 N–H and O–H groups in total. The van der Waals surface area contributed by atoms with Crippen molar-refractivity contribution in [3.05, 3.63) is 29.3 Å². The molecule has 1 aromatic rings. The van der Waals surface area contributed by atoms with Crippen molar-refractivity contribution < 1.29 is 9.53 Å². The summed E-state index contributed by atoms with van der Waals surface area (Å²) in [6, 6.07) is 9.39. The molecule has 0 aliphatic carbocycles. The average Bonchev–Trinajstić information content (AvgIpc) is 2.54. The van der Waals surface area contributed by atoms with Crippen LogP contribution in [0.4, 0.5) is 0 Å². The van der Waals surface area contributed by atoms with Crippen molar-refractivity contribution in [1.29, 1.82) is 5.26 Å². The second-order valence-electron chi connectivity index (χ2n) is 5.37. The Hall–Kier alpha value is -1.77. The van der Waals surface area contributed by atoms with Crippen LogP contribution in [-0.4, -0.2) is 54.5 Å². The van der Waals surface area contributed by atoms with E-state index in [1.807, 2.05) is 11.8 Å². The third-order valence-electron chi connectivity index (χ3n) is 3.85. The number of rotatable bonds is 5. The molecule has 0 bridgehead atoms. The fraction of sp³-hybridized carbons (Fsp3) is 0.500. The molecular weight excluding hydrogens is 302 g/mol. The standard InChI is InChI=1S/C16H20ClN3O2/c1-13(6-7-18)19-8-10-20(11-9-19)16(21)12-22-15-4-2-14(17)3-5-15/h2-5,13H,6,8-12H2,1H3/t13-/m1/s1. The van der Waals surface area contributed by atoms with Crippen LogP contribution < -0.4 is 4.74 Å². The van der Waals surface area contributed by atoms with Crippen LogP contribution in [0.15, 0.2) is 24.3 Å². The Labute approximate surface area is 136 Å². The quantitative estimate of drug-likeness (QED) is 0.834. The first kappa shape index (κ1) is 16.6. The first-order valence-corrected chi connectivity index (χ1v) is 7.75. The molecule has 0 saturated carbocycles. The molecule has 1 saturated heterocycles. The van der Waals surface area contributed by atoms with Gasteiger partial charge in [0.15, 0.2) is 6.61 Å². The summed E-state index contributed by atoms with van der Waals surface area (Å²) in [6.07, 6.45) is 0.521. The van der Waals surface area contributed by atoms with Gasteiger partial charge in [-0.3, -0.25) is 9.69 Å². The second kappa shape index (κ2) is 8.02. The molecule has 1 atom stereocenters. The van der Waals surface area contributed by atoms with E-state index in [0.29, 0.717) is 30.3 Å². The van der Waals surface area contributed by atoms with Crippen molar-refractivity contribution in [2.75, 3.05) is 32.8 Å². The number of ether oxygens (including phenoxy) is 1. The van der Waals surface area contributed by atoms with Crippen LogP contribution in [0.3, 0.4) is 0 Å². The smallest absolute Gasteiger partial charge is 0.260 e. The van der Waals surface area contributed by atoms with E-state index in [-0.39, 0.29) is 18.6 Å². The van der Waals surface area contributed by atoms with Crippen LogP contribution in [-0.2, 0) is 4.79 Å². The Bertz CT molecular complexity index is 533. The van der Waals surface area contributed by atoms with E-state index in [0.717, 1.165) is 13.1 Å². The zero-order valence-corrected chi connectivity index (χ0v) is 13.4. The summed E-state index contributed by atoms with van der Waals surface area (Å²) in [5, 5.41) is 9.38. The maximum atomic E-state index is 12.1. The van der Waals surface area contributed by atoms with Gasteiger partial charge in [-0.1, -0.05) is 11.6 Å². The lowest BCUT2D eigenvalue weighted by Crippen LogP contribution is -2.52. The molecule has 0 unspecified atom stereocenters. The molecule has 118 valence electrons. The third-order valence-corrected chi connectivity index (χ3v) is 4.10. The van der Waals surface area contributed by atoms with E-state index < -0.39 is 0 Å². The van der Waals surface area contributed by atoms with Crippen molar-refractivity contribution in [3.8, 4) is 11.8 Å². The molecule has 22 heavy (non-hydrogen) atoms. The Kier molecular flexibility index (Phi) is 6.05. The fourth-order valence-electron chi connectivity index (χ4n) is 2.44. The Morgan fingerprint density at radius 3 is 2.55 bits per heavy atom. The molecule has 1 aliphatic heterocycles. The van der Waals surface area contributed by atoms with Gasteiger partial charge < -0.3 is 9.64 Å². The van der Waals surface area contributed by atoms with Gasteiger partial charge in [0.2, 0.25) is 0 Å². The van der Waals surface area contributed by atoms with E-state index in [9.17, 15) is 4.79 Å². The highest BCUT2D eigenvalue weighted by molar-refractivity contribution is 6.30. The van der Waals surface area contributed by atoms with Crippen LogP contribution in [0, 0.1) is 11.3 Å². The number of amides is 1. The number of nitrogens with zero attached hydrogens (tertiary/aromatic N) is 3. The molecule has 5 nitrogen and oxygen atoms in total. The zero-order valence-electron chi connectivity index (χ0n) is 12.7. The van der Waals surface area contributed by atoms with Gasteiger partial charge in [0.25, 0.3) is 5.91 Å². The highest BCUT2D eigenvalue weighted by atomic mass is 35.5. The van der Waals surface area contributed by atoms with Crippen LogP contribution in [0.25, 0.3) is 0 Å². The summed E-state index contributed by atoms with van der Waals surface area (Å²) in [6.45, 7) is 5.04. The van der Waals surface area contributed by atoms with Crippen LogP contribution >= 0.6 is 11.6 Å². The van der Waals surface area contributed by atoms with E-state index in [2.05, 4.69) is 11.0 Å². The summed E-state index contributed by atoms with van der Waals surface area (Å²) in [7, 11) is 0. The average molecular weight is 322 g/mol. The maximum Gasteiger partial charge on any atom is 0.260 e. The van der Waals surface area contributed by atoms with Crippen molar-refractivity contribution in [2.24, 2.45) is 0 Å². The molecule has 0 radical (unpaired) electrons. The third kappa shape index (κ3) is 4.62. The van der Waals surface area contributed by atoms with Gasteiger partial charge in [-0.05, 0) is 31.2 Å². The number of piperazine rings is 1. The van der Waals surface area contributed by atoms with Gasteiger partial charge in [-0.25, -0.2) is 0 Å². The lowest BCUT2D eigenvalue weighted by atomic mass is 10.2. The van der Waals surface area contributed by atoms with Gasteiger partial charge in [-0.15, -0.1) is 0 Å². The minimum absolute atomic E-state index is 0.0115. The number of carbonyl (C=O) groups is 1. The van der Waals surface area contributed by atoms with E-state index in [1.165, 1.54) is 0 Å². The van der Waals surface area contributed by atoms with E-state index in [4.69, 9.17) is 21.6 Å². The predicted molar refractivity (Wildman–Crippen MR) is 84.8 cm³/mol. The number of hydrogen-bond donors (Lipinski definition) is 0. The maximum absolute atomic E-state index is 12.1. The van der Waals surface area contributed by atoms with Crippen molar-refractivity contribution in [2.45, 2.75) is 19.4 Å². The van der Waals surface area contributed by atoms with Crippen LogP contribution in [0.2, 0.25) is 5.02 Å². The first-order valence-electron chi connectivity index (χ1n) is 7.37. The highest BCUT2D eigenvalue weighted by Gasteiger charge is 2.24. The van der Waals surface area contributed by atoms with E-state index in [1.54, 1.807) is 24.3 Å². The Morgan fingerprint density at radius 2 is 1.95 bits per heavy atom. The molecule has 1 aromatic carbocycles. The summed E-state index contributed by atoms with van der Waals surface area (Å²) in [5.41, 5.74) is 0. The fourth-order valence-corrected chi connectivity index (χ4v) is 2.57. The van der Waals surface area contributed by atoms with Gasteiger partial charge in [0.05, 0.1) is 12.5 Å². The molecule has 0 aromatic heterocycles. The highest BCUT2D eigenvalue weighted by Crippen LogP contribution is 2.16. The number of nitriles is 1. The minimum atomic E-state index is -0.0115. The van der Waals surface area contributed by atoms with Gasteiger partial charge in [0, 0.05) is 37.2 Å². The zero-order chi connectivity index (χ0) is 15.9. The summed E-state index contributed by atoms with van der Waals surface area (Å²) < 4.78 is 5.48. The summed E-state index contributed by atoms with van der Waals surface area (Å²) in [5.74, 6) is 0.626. The van der Waals surface area contributed by atoms with Gasteiger partial charge in [-0.2, -0.15) is 5.26 Å². The lowest BCUT2D eigenvalue weighted by Gasteiger charge is -2.37. The van der Waals surface area contributed by atoms with Crippen LogP contribution in [0.1, 0.15) is 13.3 Å². The monoisotopic (exact) mass is 321 g/mol. The molecule has 0 spiro atoms. The molecule has 6 heteroatoms. The number of carbonyl (C=O) groups excluding carboxylic acids is 1. The molecule has 1 aliphatic rings. The Morgan fingerprint density at radius 1 is 1.32 bits per heavy atom. The number of hydrogen-bond acceptors (Lipinski definition) is 4.